The van der Waals surface area contributed by atoms with Crippen molar-refractivity contribution in [3.05, 3.63) is 53.6 Å². The van der Waals surface area contributed by atoms with Gasteiger partial charge < -0.3 is 19.1 Å². The molecule has 9 heteroatoms. The van der Waals surface area contributed by atoms with Crippen LogP contribution >= 0.6 is 0 Å². The molecule has 34 heavy (non-hydrogen) atoms. The topological polar surface area (TPSA) is 102 Å². The van der Waals surface area contributed by atoms with Gasteiger partial charge in [0.05, 0.1) is 39.0 Å². The van der Waals surface area contributed by atoms with Crippen molar-refractivity contribution in [3.63, 3.8) is 0 Å². The summed E-state index contributed by atoms with van der Waals surface area (Å²) in [5, 5.41) is 0. The molecule has 0 saturated carbocycles. The van der Waals surface area contributed by atoms with Crippen LogP contribution in [0.3, 0.4) is 0 Å². The van der Waals surface area contributed by atoms with Crippen molar-refractivity contribution >= 4 is 29.4 Å². The maximum absolute atomic E-state index is 13.6. The summed E-state index contributed by atoms with van der Waals surface area (Å²) >= 11 is 0. The summed E-state index contributed by atoms with van der Waals surface area (Å²) in [4.78, 5) is 54.1. The van der Waals surface area contributed by atoms with Gasteiger partial charge in [-0.1, -0.05) is 0 Å². The second-order valence-corrected chi connectivity index (χ2v) is 8.74. The molecule has 0 radical (unpaired) electrons. The molecule has 3 amide bonds. The van der Waals surface area contributed by atoms with Crippen molar-refractivity contribution in [1.29, 1.82) is 0 Å². The van der Waals surface area contributed by atoms with E-state index in [2.05, 4.69) is 4.74 Å². The normalized spacial score (nSPS) is 15.8. The minimum absolute atomic E-state index is 0.159. The Kier molecular flexibility index (Phi) is 6.95. The highest BCUT2D eigenvalue weighted by Crippen LogP contribution is 2.33. The molecule has 0 aliphatic carbocycles. The van der Waals surface area contributed by atoms with E-state index in [1.807, 2.05) is 0 Å². The third-order valence-electron chi connectivity index (χ3n) is 5.55. The number of amides is 3. The van der Waals surface area contributed by atoms with E-state index in [0.29, 0.717) is 28.3 Å². The Bertz CT molecular complexity index is 1120. The molecule has 2 aromatic carbocycles. The molecule has 1 fully saturated rings. The van der Waals surface area contributed by atoms with Crippen LogP contribution in [0.25, 0.3) is 0 Å². The van der Waals surface area contributed by atoms with Crippen LogP contribution in [0.2, 0.25) is 0 Å². The third kappa shape index (κ3) is 4.59. The Hall–Kier alpha value is -3.88. The lowest BCUT2D eigenvalue weighted by atomic mass is 9.99. The minimum Gasteiger partial charge on any atom is -0.493 e. The number of hydrogen-bond acceptors (Lipinski definition) is 7. The molecule has 0 N–H and O–H groups in total. The number of methoxy groups -OCH3 is 3. The molecular formula is C25H28N2O7. The van der Waals surface area contributed by atoms with Gasteiger partial charge in [-0.05, 0) is 63.2 Å². The molecule has 0 bridgehead atoms. The third-order valence-corrected chi connectivity index (χ3v) is 5.55. The first-order valence-electron chi connectivity index (χ1n) is 10.6. The molecule has 9 nitrogen and oxygen atoms in total. The van der Waals surface area contributed by atoms with Gasteiger partial charge in [0, 0.05) is 11.1 Å². The molecule has 180 valence electrons. The van der Waals surface area contributed by atoms with E-state index >= 15 is 0 Å². The largest absolute Gasteiger partial charge is 0.493 e. The van der Waals surface area contributed by atoms with Gasteiger partial charge in [-0.15, -0.1) is 0 Å². The average Bonchev–Trinajstić information content (AvgIpc) is 3.10. The van der Waals surface area contributed by atoms with Crippen LogP contribution < -0.4 is 14.4 Å². The van der Waals surface area contributed by atoms with E-state index in [0.717, 1.165) is 4.90 Å². The highest BCUT2D eigenvalue weighted by atomic mass is 16.5. The number of imide groups is 1. The quantitative estimate of drug-likeness (QED) is 0.474. The average molecular weight is 469 g/mol. The van der Waals surface area contributed by atoms with E-state index in [1.165, 1.54) is 50.5 Å². The number of ether oxygens (including phenoxy) is 3. The second kappa shape index (κ2) is 9.54. The Morgan fingerprint density at radius 1 is 0.912 bits per heavy atom. The number of carbonyl (C=O) groups is 4. The molecule has 0 spiro atoms. The van der Waals surface area contributed by atoms with Gasteiger partial charge in [0.1, 0.15) is 6.04 Å². The van der Waals surface area contributed by atoms with E-state index in [4.69, 9.17) is 9.47 Å². The molecule has 1 heterocycles. The fourth-order valence-electron chi connectivity index (χ4n) is 3.98. The zero-order valence-electron chi connectivity index (χ0n) is 20.1. The highest BCUT2D eigenvalue weighted by molar-refractivity contribution is 6.23. The second-order valence-electron chi connectivity index (χ2n) is 8.74. The van der Waals surface area contributed by atoms with Gasteiger partial charge in [-0.25, -0.2) is 9.69 Å². The first-order valence-corrected chi connectivity index (χ1v) is 10.6. The summed E-state index contributed by atoms with van der Waals surface area (Å²) in [6.07, 6.45) is -0.159. The van der Waals surface area contributed by atoms with Crippen LogP contribution in [0.1, 0.15) is 47.9 Å². The van der Waals surface area contributed by atoms with Crippen molar-refractivity contribution in [1.82, 2.24) is 4.90 Å². The van der Waals surface area contributed by atoms with Crippen molar-refractivity contribution in [3.8, 4) is 11.5 Å². The van der Waals surface area contributed by atoms with Crippen molar-refractivity contribution in [2.75, 3.05) is 26.2 Å². The first kappa shape index (κ1) is 24.8. The molecule has 1 unspecified atom stereocenters. The Balaban J connectivity index is 1.95. The minimum atomic E-state index is -0.992. The summed E-state index contributed by atoms with van der Waals surface area (Å²) in [6.45, 7) is 5.41. The monoisotopic (exact) mass is 468 g/mol. The first-order chi connectivity index (χ1) is 16.0. The van der Waals surface area contributed by atoms with Crippen LogP contribution in [-0.4, -0.2) is 61.5 Å². The molecule has 1 saturated heterocycles. The van der Waals surface area contributed by atoms with Crippen molar-refractivity contribution in [2.45, 2.75) is 38.8 Å². The lowest BCUT2D eigenvalue weighted by molar-refractivity contribution is -0.123. The number of nitrogens with zero attached hydrogens (tertiary/aromatic N) is 2. The smallest absolute Gasteiger partial charge is 0.337 e. The maximum Gasteiger partial charge on any atom is 0.337 e. The van der Waals surface area contributed by atoms with Crippen LogP contribution in [0.4, 0.5) is 5.69 Å². The standard InChI is InChI=1S/C25H28N2O7/c1-25(2,3)27(22(29)16-9-12-19(32-4)20(13-16)33-5)18-14-21(28)26(23(18)30)17-10-7-15(8-11-17)24(31)34-6/h7-13,18H,14H2,1-6H3. The molecule has 1 aliphatic heterocycles. The Morgan fingerprint density at radius 3 is 2.03 bits per heavy atom. The lowest BCUT2D eigenvalue weighted by Gasteiger charge is -2.39. The summed E-state index contributed by atoms with van der Waals surface area (Å²) in [7, 11) is 4.23. The van der Waals surface area contributed by atoms with Gasteiger partial charge in [0.15, 0.2) is 11.5 Å². The van der Waals surface area contributed by atoms with E-state index < -0.39 is 35.3 Å². The van der Waals surface area contributed by atoms with Gasteiger partial charge >= 0.3 is 5.97 Å². The SMILES string of the molecule is COC(=O)c1ccc(N2C(=O)CC(N(C(=O)c3ccc(OC)c(OC)c3)C(C)(C)C)C2=O)cc1. The van der Waals surface area contributed by atoms with E-state index in [1.54, 1.807) is 39.0 Å². The Labute approximate surface area is 198 Å². The number of hydrogen-bond donors (Lipinski definition) is 0. The van der Waals surface area contributed by atoms with E-state index in [9.17, 15) is 19.2 Å². The lowest BCUT2D eigenvalue weighted by Crippen LogP contribution is -2.54. The predicted molar refractivity (Wildman–Crippen MR) is 124 cm³/mol. The zero-order chi connectivity index (χ0) is 25.2. The summed E-state index contributed by atoms with van der Waals surface area (Å²) in [5.41, 5.74) is 0.142. The van der Waals surface area contributed by atoms with Gasteiger partial charge in [-0.2, -0.15) is 0 Å². The van der Waals surface area contributed by atoms with Crippen LogP contribution in [0.15, 0.2) is 42.5 Å². The number of carbonyl (C=O) groups excluding carboxylic acids is 4. The highest BCUT2D eigenvalue weighted by Gasteiger charge is 2.47. The van der Waals surface area contributed by atoms with Gasteiger partial charge in [0.2, 0.25) is 5.91 Å². The fraction of sp³-hybridized carbons (Fsp3) is 0.360. The molecule has 1 atom stereocenters. The summed E-state index contributed by atoms with van der Waals surface area (Å²) < 4.78 is 15.2. The summed E-state index contributed by atoms with van der Waals surface area (Å²) in [6, 6.07) is 9.72. The van der Waals surface area contributed by atoms with Crippen LogP contribution in [0, 0.1) is 0 Å². The fourth-order valence-corrected chi connectivity index (χ4v) is 3.98. The van der Waals surface area contributed by atoms with Crippen LogP contribution in [0.5, 0.6) is 11.5 Å². The number of benzene rings is 2. The zero-order valence-corrected chi connectivity index (χ0v) is 20.1. The van der Waals surface area contributed by atoms with E-state index in [-0.39, 0.29) is 6.42 Å². The molecule has 0 aromatic heterocycles. The molecule has 3 rings (SSSR count). The molecule has 1 aliphatic rings. The maximum atomic E-state index is 13.6. The van der Waals surface area contributed by atoms with Crippen molar-refractivity contribution in [2.24, 2.45) is 0 Å². The number of anilines is 1. The molecule has 2 aromatic rings. The summed E-state index contributed by atoms with van der Waals surface area (Å²) in [5.74, 6) is -1.04. The predicted octanol–water partition coefficient (Wildman–Crippen LogP) is 3.06. The van der Waals surface area contributed by atoms with Gasteiger partial charge in [0.25, 0.3) is 11.8 Å². The van der Waals surface area contributed by atoms with Gasteiger partial charge in [-0.3, -0.25) is 14.4 Å². The number of esters is 1. The Morgan fingerprint density at radius 2 is 1.50 bits per heavy atom. The van der Waals surface area contributed by atoms with Crippen LogP contribution in [-0.2, 0) is 14.3 Å². The number of rotatable bonds is 6. The van der Waals surface area contributed by atoms with Crippen molar-refractivity contribution < 1.29 is 33.4 Å². The molecular weight excluding hydrogens is 440 g/mol.